The molecule has 2 unspecified atom stereocenters. The molecule has 3 aliphatic rings. The molecular formula is C35H46N6O5S. The van der Waals surface area contributed by atoms with Crippen LogP contribution in [0.25, 0.3) is 10.2 Å². The molecule has 5 heterocycles. The zero-order valence-corrected chi connectivity index (χ0v) is 28.8. The summed E-state index contributed by atoms with van der Waals surface area (Å²) in [6, 6.07) is 7.87. The highest BCUT2D eigenvalue weighted by molar-refractivity contribution is 7.18. The molecule has 1 aromatic carbocycles. The Morgan fingerprint density at radius 2 is 1.81 bits per heavy atom. The summed E-state index contributed by atoms with van der Waals surface area (Å²) in [6.45, 7) is 11.2. The number of benzene rings is 1. The lowest BCUT2D eigenvalue weighted by Crippen LogP contribution is -2.46. The van der Waals surface area contributed by atoms with E-state index in [1.165, 1.54) is 11.2 Å². The van der Waals surface area contributed by atoms with Gasteiger partial charge in [0, 0.05) is 30.6 Å². The maximum absolute atomic E-state index is 13.8. The highest BCUT2D eigenvalue weighted by Crippen LogP contribution is 2.38. The van der Waals surface area contributed by atoms with E-state index < -0.39 is 23.5 Å². The summed E-state index contributed by atoms with van der Waals surface area (Å²) in [5, 5.41) is 6.72. The summed E-state index contributed by atoms with van der Waals surface area (Å²) in [5.41, 5.74) is 2.41. The second-order valence-electron chi connectivity index (χ2n) is 14.3. The summed E-state index contributed by atoms with van der Waals surface area (Å²) >= 11 is 1.77. The van der Waals surface area contributed by atoms with Gasteiger partial charge in [-0.2, -0.15) is 0 Å². The number of nitrogens with zero attached hydrogens (tertiary/aromatic N) is 4. The summed E-state index contributed by atoms with van der Waals surface area (Å²) < 4.78 is 12.2. The van der Waals surface area contributed by atoms with E-state index in [0.29, 0.717) is 37.2 Å². The fraction of sp³-hybridized carbons (Fsp3) is 0.571. The molecule has 3 aromatic rings. The molecule has 252 valence electrons. The van der Waals surface area contributed by atoms with Crippen LogP contribution in [0.1, 0.15) is 93.8 Å². The number of thiazole rings is 1. The molecule has 2 aromatic heterocycles. The van der Waals surface area contributed by atoms with Crippen molar-refractivity contribution in [3.8, 4) is 0 Å². The number of rotatable bonds is 5. The number of fused-ring (bicyclic) bond motifs is 1. The van der Waals surface area contributed by atoms with E-state index in [1.54, 1.807) is 43.1 Å². The lowest BCUT2D eigenvalue weighted by molar-refractivity contribution is -0.146. The van der Waals surface area contributed by atoms with E-state index in [9.17, 15) is 14.4 Å². The van der Waals surface area contributed by atoms with E-state index in [2.05, 4.69) is 52.7 Å². The second kappa shape index (κ2) is 13.9. The number of ether oxygens (including phenoxy) is 2. The van der Waals surface area contributed by atoms with Crippen molar-refractivity contribution in [1.82, 2.24) is 19.8 Å². The summed E-state index contributed by atoms with van der Waals surface area (Å²) in [6.07, 6.45) is 5.56. The number of amides is 3. The molecular weight excluding hydrogens is 616 g/mol. The van der Waals surface area contributed by atoms with Crippen LogP contribution in [0.15, 0.2) is 30.5 Å². The molecule has 3 aliphatic heterocycles. The Kier molecular flexibility index (Phi) is 9.82. The minimum atomic E-state index is -0.716. The Morgan fingerprint density at radius 1 is 1.02 bits per heavy atom. The van der Waals surface area contributed by atoms with Gasteiger partial charge in [-0.3, -0.25) is 14.9 Å². The predicted octanol–water partition coefficient (Wildman–Crippen LogP) is 6.29. The highest BCUT2D eigenvalue weighted by Gasteiger charge is 2.35. The molecule has 6 rings (SSSR count). The Bertz CT molecular complexity index is 1620. The normalized spacial score (nSPS) is 22.7. The number of likely N-dealkylation sites (tertiary alicyclic amines) is 2. The Hall–Kier alpha value is -3.61. The molecule has 11 nitrogen and oxygen atoms in total. The van der Waals surface area contributed by atoms with E-state index in [1.807, 2.05) is 0 Å². The molecule has 3 amide bonds. The van der Waals surface area contributed by atoms with Crippen LogP contribution >= 0.6 is 11.3 Å². The topological polar surface area (TPSA) is 126 Å². The van der Waals surface area contributed by atoms with Gasteiger partial charge in [0.25, 0.3) is 0 Å². The third-order valence-corrected chi connectivity index (χ3v) is 10.5. The van der Waals surface area contributed by atoms with Crippen molar-refractivity contribution in [2.45, 2.75) is 83.3 Å². The minimum Gasteiger partial charge on any atom is -0.444 e. The number of aromatic nitrogens is 2. The van der Waals surface area contributed by atoms with Crippen LogP contribution in [-0.4, -0.2) is 83.2 Å². The van der Waals surface area contributed by atoms with Gasteiger partial charge in [0.1, 0.15) is 11.4 Å². The Labute approximate surface area is 280 Å². The van der Waals surface area contributed by atoms with Crippen LogP contribution in [0.3, 0.4) is 0 Å². The monoisotopic (exact) mass is 662 g/mol. The Morgan fingerprint density at radius 3 is 2.53 bits per heavy atom. The highest BCUT2D eigenvalue weighted by atomic mass is 32.1. The third-order valence-electron chi connectivity index (χ3n) is 9.32. The number of carbonyl (C=O) groups excluding carboxylic acids is 3. The SMILES string of the molecule is C[C@H]1CCC(c2ccc3sc(C4CCN(C)CC4)nc3c2)N(C(=O)C(=O)Nc2cnc(NC(=O)OC(C)(C)C)c(C3CCOC3)c2)C1. The van der Waals surface area contributed by atoms with Gasteiger partial charge in [-0.1, -0.05) is 13.0 Å². The second-order valence-corrected chi connectivity index (χ2v) is 15.4. The van der Waals surface area contributed by atoms with Crippen molar-refractivity contribution in [3.05, 3.63) is 46.6 Å². The van der Waals surface area contributed by atoms with E-state index in [-0.39, 0.29) is 17.9 Å². The minimum absolute atomic E-state index is 0.0204. The van der Waals surface area contributed by atoms with Crippen LogP contribution in [0.4, 0.5) is 16.3 Å². The first kappa shape index (κ1) is 33.3. The van der Waals surface area contributed by atoms with Crippen molar-refractivity contribution < 1.29 is 23.9 Å². The molecule has 0 aliphatic carbocycles. The molecule has 3 saturated heterocycles. The smallest absolute Gasteiger partial charge is 0.413 e. The van der Waals surface area contributed by atoms with Crippen molar-refractivity contribution in [2.75, 3.05) is 50.5 Å². The van der Waals surface area contributed by atoms with E-state index >= 15 is 0 Å². The fourth-order valence-corrected chi connectivity index (χ4v) is 7.90. The van der Waals surface area contributed by atoms with Gasteiger partial charge in [0.2, 0.25) is 0 Å². The van der Waals surface area contributed by atoms with Gasteiger partial charge >= 0.3 is 17.9 Å². The Balaban J connectivity index is 1.19. The molecule has 0 radical (unpaired) electrons. The maximum Gasteiger partial charge on any atom is 0.413 e. The average Bonchev–Trinajstić information content (AvgIpc) is 3.71. The number of carbonyl (C=O) groups is 3. The van der Waals surface area contributed by atoms with Crippen LogP contribution in [0.2, 0.25) is 0 Å². The van der Waals surface area contributed by atoms with Crippen LogP contribution < -0.4 is 10.6 Å². The first-order chi connectivity index (χ1) is 22.4. The molecule has 3 fully saturated rings. The van der Waals surface area contributed by atoms with Gasteiger partial charge < -0.3 is 24.6 Å². The third kappa shape index (κ3) is 7.93. The van der Waals surface area contributed by atoms with Crippen LogP contribution in [0.5, 0.6) is 0 Å². The molecule has 0 spiro atoms. The van der Waals surface area contributed by atoms with E-state index in [4.69, 9.17) is 14.5 Å². The molecule has 3 atom stereocenters. The molecule has 12 heteroatoms. The summed E-state index contributed by atoms with van der Waals surface area (Å²) in [5.74, 6) is -0.202. The van der Waals surface area contributed by atoms with Gasteiger partial charge in [0.05, 0.1) is 39.8 Å². The zero-order valence-electron chi connectivity index (χ0n) is 28.0. The lowest BCUT2D eigenvalue weighted by atomic mass is 9.89. The molecule has 2 N–H and O–H groups in total. The predicted molar refractivity (Wildman–Crippen MR) is 183 cm³/mol. The zero-order chi connectivity index (χ0) is 33.3. The van der Waals surface area contributed by atoms with Gasteiger partial charge in [-0.05, 0) is 103 Å². The van der Waals surface area contributed by atoms with E-state index in [0.717, 1.165) is 66.5 Å². The number of hydrogen-bond acceptors (Lipinski definition) is 9. The number of hydrogen-bond donors (Lipinski definition) is 2. The van der Waals surface area contributed by atoms with Crippen molar-refractivity contribution in [2.24, 2.45) is 5.92 Å². The number of anilines is 2. The quantitative estimate of drug-likeness (QED) is 0.306. The lowest BCUT2D eigenvalue weighted by Gasteiger charge is -2.38. The molecule has 47 heavy (non-hydrogen) atoms. The van der Waals surface area contributed by atoms with Crippen molar-refractivity contribution in [1.29, 1.82) is 0 Å². The van der Waals surface area contributed by atoms with Crippen LogP contribution in [-0.2, 0) is 19.1 Å². The number of piperidine rings is 2. The number of pyridine rings is 1. The molecule has 0 saturated carbocycles. The van der Waals surface area contributed by atoms with Crippen LogP contribution in [0, 0.1) is 5.92 Å². The standard InChI is InChI=1S/C35H46N6O5S/c1-21-6-8-28(23-7-9-29-27(16-23)38-32(47-29)22-10-13-40(5)14-11-22)41(19-21)33(43)31(42)37-25-17-26(24-12-15-45-20-24)30(36-18-25)39-34(44)46-35(2,3)4/h7,9,16-18,21-22,24,28H,6,8,10-15,19-20H2,1-5H3,(H,37,42)(H,36,39,44)/t21-,24?,28?/m0/s1. The summed E-state index contributed by atoms with van der Waals surface area (Å²) in [7, 11) is 2.17. The summed E-state index contributed by atoms with van der Waals surface area (Å²) in [4.78, 5) is 53.4. The van der Waals surface area contributed by atoms with Gasteiger partial charge in [0.15, 0.2) is 0 Å². The first-order valence-electron chi connectivity index (χ1n) is 16.7. The maximum atomic E-state index is 13.8. The van der Waals surface area contributed by atoms with Gasteiger partial charge in [-0.15, -0.1) is 11.3 Å². The average molecular weight is 663 g/mol. The number of nitrogens with one attached hydrogen (secondary N) is 2. The molecule has 0 bridgehead atoms. The van der Waals surface area contributed by atoms with Gasteiger partial charge in [-0.25, -0.2) is 14.8 Å². The fourth-order valence-electron chi connectivity index (χ4n) is 6.78. The van der Waals surface area contributed by atoms with Crippen molar-refractivity contribution >= 4 is 51.0 Å². The van der Waals surface area contributed by atoms with Crippen molar-refractivity contribution in [3.63, 3.8) is 0 Å². The largest absolute Gasteiger partial charge is 0.444 e. The first-order valence-corrected chi connectivity index (χ1v) is 17.5.